The van der Waals surface area contributed by atoms with Crippen LogP contribution in [0.15, 0.2) is 46.9 Å². The van der Waals surface area contributed by atoms with E-state index in [0.29, 0.717) is 11.0 Å². The van der Waals surface area contributed by atoms with Crippen LogP contribution in [0.5, 0.6) is 0 Å². The molecule has 3 nitrogen and oxygen atoms in total. The topological polar surface area (TPSA) is 43.8 Å². The van der Waals surface area contributed by atoms with Crippen LogP contribution in [0.2, 0.25) is 5.02 Å². The second kappa shape index (κ2) is 4.30. The van der Waals surface area contributed by atoms with E-state index in [1.54, 1.807) is 0 Å². The first-order chi connectivity index (χ1) is 8.66. The van der Waals surface area contributed by atoms with E-state index in [9.17, 15) is 0 Å². The highest BCUT2D eigenvalue weighted by Gasteiger charge is 2.12. The summed E-state index contributed by atoms with van der Waals surface area (Å²) in [6.45, 7) is 0. The zero-order chi connectivity index (χ0) is 12.7. The van der Waals surface area contributed by atoms with Crippen molar-refractivity contribution in [1.29, 1.82) is 0 Å². The van der Waals surface area contributed by atoms with Crippen molar-refractivity contribution < 1.29 is 0 Å². The maximum absolute atomic E-state index is 6.21. The first-order valence-corrected chi connectivity index (χ1v) is 6.52. The van der Waals surface area contributed by atoms with E-state index >= 15 is 0 Å². The number of aromatic nitrogens is 2. The predicted octanol–water partition coefficient (Wildman–Crippen LogP) is 4.02. The number of para-hydroxylation sites is 1. The molecule has 0 aliphatic rings. The Morgan fingerprint density at radius 3 is 2.72 bits per heavy atom. The molecule has 0 aliphatic heterocycles. The molecule has 0 atom stereocenters. The average molecular weight is 323 g/mol. The predicted molar refractivity (Wildman–Crippen MR) is 78.2 cm³/mol. The van der Waals surface area contributed by atoms with Gasteiger partial charge in [-0.2, -0.15) is 0 Å². The summed E-state index contributed by atoms with van der Waals surface area (Å²) in [5.74, 6) is 0.427. The smallest absolute Gasteiger partial charge is 0.205 e. The van der Waals surface area contributed by atoms with Gasteiger partial charge in [-0.15, -0.1) is 0 Å². The molecule has 0 unspecified atom stereocenters. The minimum absolute atomic E-state index is 0.427. The lowest BCUT2D eigenvalue weighted by Gasteiger charge is -2.08. The van der Waals surface area contributed by atoms with Crippen LogP contribution in [0.25, 0.3) is 16.7 Å². The molecule has 0 amide bonds. The Bertz CT molecular complexity index is 736. The van der Waals surface area contributed by atoms with Crippen LogP contribution in [0.1, 0.15) is 0 Å². The van der Waals surface area contributed by atoms with Crippen LogP contribution in [0.3, 0.4) is 0 Å². The number of nitrogen functional groups attached to an aromatic ring is 1. The molecule has 2 aromatic carbocycles. The Kier molecular flexibility index (Phi) is 2.76. The zero-order valence-electron chi connectivity index (χ0n) is 9.27. The van der Waals surface area contributed by atoms with Crippen molar-refractivity contribution in [2.75, 3.05) is 5.73 Å². The summed E-state index contributed by atoms with van der Waals surface area (Å²) in [6.07, 6.45) is 0. The molecular formula is C13H9BrClN3. The molecule has 1 aromatic heterocycles. The molecule has 18 heavy (non-hydrogen) atoms. The van der Waals surface area contributed by atoms with Gasteiger partial charge in [-0.25, -0.2) is 4.98 Å². The van der Waals surface area contributed by atoms with Gasteiger partial charge in [0.2, 0.25) is 5.95 Å². The van der Waals surface area contributed by atoms with Gasteiger partial charge in [0.05, 0.1) is 21.7 Å². The summed E-state index contributed by atoms with van der Waals surface area (Å²) < 4.78 is 2.82. The van der Waals surface area contributed by atoms with Crippen molar-refractivity contribution in [2.24, 2.45) is 0 Å². The maximum Gasteiger partial charge on any atom is 0.205 e. The van der Waals surface area contributed by atoms with Crippen LogP contribution >= 0.6 is 27.5 Å². The molecular weight excluding hydrogens is 314 g/mol. The van der Waals surface area contributed by atoms with E-state index in [-0.39, 0.29) is 0 Å². The summed E-state index contributed by atoms with van der Waals surface area (Å²) >= 11 is 9.63. The largest absolute Gasteiger partial charge is 0.369 e. The van der Waals surface area contributed by atoms with Crippen molar-refractivity contribution in [3.63, 3.8) is 0 Å². The molecule has 1 heterocycles. The Labute approximate surface area is 117 Å². The van der Waals surface area contributed by atoms with Crippen molar-refractivity contribution in [2.45, 2.75) is 0 Å². The van der Waals surface area contributed by atoms with Gasteiger partial charge < -0.3 is 5.73 Å². The Balaban J connectivity index is 2.36. The number of halogens is 2. The number of hydrogen-bond acceptors (Lipinski definition) is 2. The van der Waals surface area contributed by atoms with Crippen molar-refractivity contribution in [3.8, 4) is 5.69 Å². The van der Waals surface area contributed by atoms with Crippen molar-refractivity contribution >= 4 is 44.5 Å². The Morgan fingerprint density at radius 2 is 1.94 bits per heavy atom. The van der Waals surface area contributed by atoms with Gasteiger partial charge >= 0.3 is 0 Å². The molecule has 0 fully saturated rings. The summed E-state index contributed by atoms with van der Waals surface area (Å²) in [6, 6.07) is 13.4. The van der Waals surface area contributed by atoms with Crippen LogP contribution in [-0.4, -0.2) is 9.55 Å². The lowest BCUT2D eigenvalue weighted by molar-refractivity contribution is 1.11. The van der Waals surface area contributed by atoms with Crippen LogP contribution < -0.4 is 5.73 Å². The number of rotatable bonds is 1. The van der Waals surface area contributed by atoms with Gasteiger partial charge in [-0.3, -0.25) is 4.57 Å². The second-order valence-corrected chi connectivity index (χ2v) is 5.21. The van der Waals surface area contributed by atoms with Crippen molar-refractivity contribution in [3.05, 3.63) is 52.0 Å². The van der Waals surface area contributed by atoms with Gasteiger partial charge in [-0.05, 0) is 30.3 Å². The normalized spacial score (nSPS) is 11.0. The summed E-state index contributed by atoms with van der Waals surface area (Å²) in [5, 5.41) is 0.645. The third-order valence-corrected chi connectivity index (χ3v) is 3.55. The third-order valence-electron chi connectivity index (χ3n) is 2.74. The molecule has 0 spiro atoms. The van der Waals surface area contributed by atoms with E-state index in [1.165, 1.54) is 0 Å². The molecule has 3 aromatic rings. The quantitative estimate of drug-likeness (QED) is 0.735. The minimum atomic E-state index is 0.427. The molecule has 90 valence electrons. The molecule has 0 aliphatic carbocycles. The van der Waals surface area contributed by atoms with E-state index in [1.807, 2.05) is 47.0 Å². The summed E-state index contributed by atoms with van der Waals surface area (Å²) in [4.78, 5) is 4.34. The summed E-state index contributed by atoms with van der Waals surface area (Å²) in [7, 11) is 0. The van der Waals surface area contributed by atoms with E-state index in [4.69, 9.17) is 17.3 Å². The fraction of sp³-hybridized carbons (Fsp3) is 0. The fourth-order valence-corrected chi connectivity index (χ4v) is 2.53. The standard InChI is InChI=1S/C13H9BrClN3/c14-8-5-6-12-10(7-8)17-13(16)18(12)11-4-2-1-3-9(11)15/h1-7H,(H2,16,17). The number of nitrogens with two attached hydrogens (primary N) is 1. The minimum Gasteiger partial charge on any atom is -0.369 e. The molecule has 0 saturated heterocycles. The van der Waals surface area contributed by atoms with Crippen LogP contribution in [0.4, 0.5) is 5.95 Å². The van der Waals surface area contributed by atoms with Gasteiger partial charge in [0, 0.05) is 4.47 Å². The molecule has 0 bridgehead atoms. The monoisotopic (exact) mass is 321 g/mol. The van der Waals surface area contributed by atoms with Gasteiger partial charge in [0.25, 0.3) is 0 Å². The maximum atomic E-state index is 6.21. The lowest BCUT2D eigenvalue weighted by Crippen LogP contribution is -2.00. The second-order valence-electron chi connectivity index (χ2n) is 3.89. The highest BCUT2D eigenvalue weighted by molar-refractivity contribution is 9.10. The molecule has 0 saturated carbocycles. The van der Waals surface area contributed by atoms with Crippen LogP contribution in [-0.2, 0) is 0 Å². The van der Waals surface area contributed by atoms with Crippen molar-refractivity contribution in [1.82, 2.24) is 9.55 Å². The zero-order valence-corrected chi connectivity index (χ0v) is 11.6. The first-order valence-electron chi connectivity index (χ1n) is 5.35. The SMILES string of the molecule is Nc1nc2cc(Br)ccc2n1-c1ccccc1Cl. The Morgan fingerprint density at radius 1 is 1.17 bits per heavy atom. The van der Waals surface area contributed by atoms with Gasteiger partial charge in [-0.1, -0.05) is 39.7 Å². The van der Waals surface area contributed by atoms with E-state index < -0.39 is 0 Å². The number of nitrogens with zero attached hydrogens (tertiary/aromatic N) is 2. The Hall–Kier alpha value is -1.52. The van der Waals surface area contributed by atoms with E-state index in [0.717, 1.165) is 21.2 Å². The number of imidazole rings is 1. The third kappa shape index (κ3) is 1.78. The molecule has 5 heteroatoms. The van der Waals surface area contributed by atoms with Gasteiger partial charge in [0.15, 0.2) is 0 Å². The number of fused-ring (bicyclic) bond motifs is 1. The first kappa shape index (κ1) is 11.6. The molecule has 3 rings (SSSR count). The molecule has 0 radical (unpaired) electrons. The molecule has 2 N–H and O–H groups in total. The van der Waals surface area contributed by atoms with Gasteiger partial charge in [0.1, 0.15) is 0 Å². The van der Waals surface area contributed by atoms with Crippen LogP contribution in [0, 0.1) is 0 Å². The number of benzene rings is 2. The highest BCUT2D eigenvalue weighted by atomic mass is 79.9. The number of hydrogen-bond donors (Lipinski definition) is 1. The van der Waals surface area contributed by atoms with E-state index in [2.05, 4.69) is 20.9 Å². The summed E-state index contributed by atoms with van der Waals surface area (Å²) in [5.41, 5.74) is 8.59. The average Bonchev–Trinajstić information content (AvgIpc) is 2.65. The number of anilines is 1. The lowest BCUT2D eigenvalue weighted by atomic mass is 10.3. The highest BCUT2D eigenvalue weighted by Crippen LogP contribution is 2.29. The fourth-order valence-electron chi connectivity index (χ4n) is 1.96.